The van der Waals surface area contributed by atoms with E-state index in [0.717, 1.165) is 16.9 Å². The predicted molar refractivity (Wildman–Crippen MR) is 126 cm³/mol. The number of carbonyl (C=O) groups is 3. The molecule has 7 nitrogen and oxygen atoms in total. The van der Waals surface area contributed by atoms with Crippen molar-refractivity contribution in [2.45, 2.75) is 26.7 Å². The van der Waals surface area contributed by atoms with Crippen LogP contribution in [0.5, 0.6) is 11.5 Å². The van der Waals surface area contributed by atoms with E-state index >= 15 is 0 Å². The lowest BCUT2D eigenvalue weighted by atomic mass is 10.1. The molecule has 0 aromatic heterocycles. The van der Waals surface area contributed by atoms with Gasteiger partial charge in [-0.3, -0.25) is 14.4 Å². The first-order valence-corrected chi connectivity index (χ1v) is 10.6. The fourth-order valence-electron chi connectivity index (χ4n) is 3.06. The molecule has 3 rings (SSSR count). The third-order valence-electron chi connectivity index (χ3n) is 4.74. The first kappa shape index (κ1) is 23.5. The van der Waals surface area contributed by atoms with Gasteiger partial charge in [0.25, 0.3) is 5.91 Å². The van der Waals surface area contributed by atoms with Gasteiger partial charge in [0.1, 0.15) is 11.5 Å². The Labute approximate surface area is 192 Å². The van der Waals surface area contributed by atoms with Gasteiger partial charge in [0, 0.05) is 17.8 Å². The zero-order valence-electron chi connectivity index (χ0n) is 18.6. The number of anilines is 2. The zero-order valence-corrected chi connectivity index (χ0v) is 18.6. The molecule has 0 saturated heterocycles. The largest absolute Gasteiger partial charge is 0.457 e. The SMILES string of the molecule is Cc1cccc(C)c1Oc1ccc(NC(=O)CCC(=O)OCC(=O)Nc2ccccc2)cc1. The third kappa shape index (κ3) is 7.50. The van der Waals surface area contributed by atoms with Gasteiger partial charge < -0.3 is 20.1 Å². The summed E-state index contributed by atoms with van der Waals surface area (Å²) in [5, 5.41) is 5.34. The fourth-order valence-corrected chi connectivity index (χ4v) is 3.06. The van der Waals surface area contributed by atoms with Gasteiger partial charge in [-0.15, -0.1) is 0 Å². The molecule has 7 heteroatoms. The van der Waals surface area contributed by atoms with Crippen molar-refractivity contribution in [1.82, 2.24) is 0 Å². The Hall–Kier alpha value is -4.13. The zero-order chi connectivity index (χ0) is 23.6. The van der Waals surface area contributed by atoms with Crippen molar-refractivity contribution in [1.29, 1.82) is 0 Å². The van der Waals surface area contributed by atoms with Gasteiger partial charge in [-0.25, -0.2) is 0 Å². The van der Waals surface area contributed by atoms with Crippen molar-refractivity contribution in [3.63, 3.8) is 0 Å². The maximum Gasteiger partial charge on any atom is 0.306 e. The summed E-state index contributed by atoms with van der Waals surface area (Å²) >= 11 is 0. The van der Waals surface area contributed by atoms with E-state index in [1.165, 1.54) is 0 Å². The molecule has 0 aliphatic rings. The lowest BCUT2D eigenvalue weighted by molar-refractivity contribution is -0.147. The monoisotopic (exact) mass is 446 g/mol. The highest BCUT2D eigenvalue weighted by atomic mass is 16.5. The molecular weight excluding hydrogens is 420 g/mol. The van der Waals surface area contributed by atoms with Crippen LogP contribution in [0.15, 0.2) is 72.8 Å². The molecule has 170 valence electrons. The molecule has 0 bridgehead atoms. The van der Waals surface area contributed by atoms with Crippen LogP contribution in [0.25, 0.3) is 0 Å². The number of amides is 2. The van der Waals surface area contributed by atoms with Crippen molar-refractivity contribution >= 4 is 29.2 Å². The van der Waals surface area contributed by atoms with E-state index in [4.69, 9.17) is 9.47 Å². The number of benzene rings is 3. The van der Waals surface area contributed by atoms with Crippen molar-refractivity contribution in [3.8, 4) is 11.5 Å². The average Bonchev–Trinajstić information content (AvgIpc) is 2.80. The van der Waals surface area contributed by atoms with Crippen LogP contribution in [-0.4, -0.2) is 24.4 Å². The number of rotatable bonds is 9. The van der Waals surface area contributed by atoms with Gasteiger partial charge in [0.05, 0.1) is 6.42 Å². The Morgan fingerprint density at radius 3 is 1.97 bits per heavy atom. The van der Waals surface area contributed by atoms with Crippen LogP contribution in [0.2, 0.25) is 0 Å². The molecule has 0 spiro atoms. The second-order valence-corrected chi connectivity index (χ2v) is 7.47. The fraction of sp³-hybridized carbons (Fsp3) is 0.192. The summed E-state index contributed by atoms with van der Waals surface area (Å²) in [7, 11) is 0. The smallest absolute Gasteiger partial charge is 0.306 e. The first-order chi connectivity index (χ1) is 15.9. The van der Waals surface area contributed by atoms with Crippen LogP contribution in [-0.2, 0) is 19.1 Å². The summed E-state index contributed by atoms with van der Waals surface area (Å²) in [6, 6.07) is 21.8. The second kappa shape index (κ2) is 11.5. The minimum atomic E-state index is -0.620. The highest BCUT2D eigenvalue weighted by molar-refractivity contribution is 5.94. The summed E-state index contributed by atoms with van der Waals surface area (Å²) in [6.45, 7) is 3.56. The van der Waals surface area contributed by atoms with Crippen LogP contribution in [0, 0.1) is 13.8 Å². The summed E-state index contributed by atoms with van der Waals surface area (Å²) in [5.41, 5.74) is 3.28. The minimum Gasteiger partial charge on any atom is -0.457 e. The van der Waals surface area contributed by atoms with Crippen molar-refractivity contribution in [2.24, 2.45) is 0 Å². The average molecular weight is 447 g/mol. The van der Waals surface area contributed by atoms with E-state index in [0.29, 0.717) is 17.1 Å². The summed E-state index contributed by atoms with van der Waals surface area (Å²) in [6.07, 6.45) is -0.183. The van der Waals surface area contributed by atoms with Gasteiger partial charge in [-0.05, 0) is 61.4 Å². The second-order valence-electron chi connectivity index (χ2n) is 7.47. The van der Waals surface area contributed by atoms with Crippen molar-refractivity contribution in [2.75, 3.05) is 17.2 Å². The molecule has 0 atom stereocenters. The molecule has 0 aliphatic heterocycles. The Bertz CT molecular complexity index is 1090. The Morgan fingerprint density at radius 2 is 1.30 bits per heavy atom. The minimum absolute atomic E-state index is 0.0558. The van der Waals surface area contributed by atoms with Crippen molar-refractivity contribution in [3.05, 3.63) is 83.9 Å². The standard InChI is InChI=1S/C26H26N2O5/c1-18-7-6-8-19(2)26(18)33-22-13-11-21(12-14-22)27-23(29)15-16-25(31)32-17-24(30)28-20-9-4-3-5-10-20/h3-14H,15-17H2,1-2H3,(H,27,29)(H,28,30). The molecule has 0 unspecified atom stereocenters. The maximum absolute atomic E-state index is 12.1. The molecule has 3 aromatic carbocycles. The Morgan fingerprint density at radius 1 is 0.697 bits per heavy atom. The van der Waals surface area contributed by atoms with Gasteiger partial charge in [0.15, 0.2) is 6.61 Å². The Kier molecular flexibility index (Phi) is 8.18. The number of hydrogen-bond acceptors (Lipinski definition) is 5. The lowest BCUT2D eigenvalue weighted by Crippen LogP contribution is -2.21. The number of esters is 1. The van der Waals surface area contributed by atoms with Gasteiger partial charge >= 0.3 is 5.97 Å². The normalized spacial score (nSPS) is 10.2. The molecule has 0 heterocycles. The molecule has 0 saturated carbocycles. The van der Waals surface area contributed by atoms with Crippen LogP contribution in [0.1, 0.15) is 24.0 Å². The first-order valence-electron chi connectivity index (χ1n) is 10.6. The van der Waals surface area contributed by atoms with E-state index in [1.807, 2.05) is 38.1 Å². The van der Waals surface area contributed by atoms with Crippen molar-refractivity contribution < 1.29 is 23.9 Å². The van der Waals surface area contributed by atoms with Crippen LogP contribution in [0.3, 0.4) is 0 Å². The number of aryl methyl sites for hydroxylation is 2. The maximum atomic E-state index is 12.1. The topological polar surface area (TPSA) is 93.7 Å². The molecule has 2 N–H and O–H groups in total. The molecule has 0 aliphatic carbocycles. The van der Waals surface area contributed by atoms with E-state index in [-0.39, 0.29) is 18.7 Å². The summed E-state index contributed by atoms with van der Waals surface area (Å²) in [5.74, 6) is 0.0741. The number of para-hydroxylation sites is 2. The molecule has 2 amide bonds. The van der Waals surface area contributed by atoms with Gasteiger partial charge in [0.2, 0.25) is 5.91 Å². The van der Waals surface area contributed by atoms with Gasteiger partial charge in [-0.2, -0.15) is 0 Å². The molecule has 33 heavy (non-hydrogen) atoms. The van der Waals surface area contributed by atoms with Crippen LogP contribution in [0.4, 0.5) is 11.4 Å². The lowest BCUT2D eigenvalue weighted by Gasteiger charge is -2.12. The van der Waals surface area contributed by atoms with E-state index in [2.05, 4.69) is 10.6 Å². The number of carbonyl (C=O) groups excluding carboxylic acids is 3. The number of nitrogens with one attached hydrogen (secondary N) is 2. The van der Waals surface area contributed by atoms with Crippen LogP contribution < -0.4 is 15.4 Å². The molecular formula is C26H26N2O5. The Balaban J connectivity index is 1.39. The van der Waals surface area contributed by atoms with E-state index in [9.17, 15) is 14.4 Å². The number of hydrogen-bond donors (Lipinski definition) is 2. The molecule has 0 fully saturated rings. The van der Waals surface area contributed by atoms with Gasteiger partial charge in [-0.1, -0.05) is 36.4 Å². The highest BCUT2D eigenvalue weighted by Crippen LogP contribution is 2.29. The highest BCUT2D eigenvalue weighted by Gasteiger charge is 2.11. The molecule has 0 radical (unpaired) electrons. The predicted octanol–water partition coefficient (Wildman–Crippen LogP) is 5.00. The molecule has 3 aromatic rings. The summed E-state index contributed by atoms with van der Waals surface area (Å²) in [4.78, 5) is 35.8. The van der Waals surface area contributed by atoms with E-state index < -0.39 is 18.5 Å². The van der Waals surface area contributed by atoms with E-state index in [1.54, 1.807) is 48.5 Å². The quantitative estimate of drug-likeness (QED) is 0.451. The third-order valence-corrected chi connectivity index (χ3v) is 4.74. The van der Waals surface area contributed by atoms with Crippen LogP contribution >= 0.6 is 0 Å². The summed E-state index contributed by atoms with van der Waals surface area (Å²) < 4.78 is 10.9. The number of ether oxygens (including phenoxy) is 2.